The van der Waals surface area contributed by atoms with Gasteiger partial charge in [-0.15, -0.1) is 6.58 Å². The highest BCUT2D eigenvalue weighted by molar-refractivity contribution is 5.87. The van der Waals surface area contributed by atoms with Crippen molar-refractivity contribution in [3.63, 3.8) is 0 Å². The minimum absolute atomic E-state index is 0.0587. The van der Waals surface area contributed by atoms with Crippen molar-refractivity contribution in [3.05, 3.63) is 96.1 Å². The Morgan fingerprint density at radius 3 is 2.12 bits per heavy atom. The maximum absolute atomic E-state index is 12.0. The summed E-state index contributed by atoms with van der Waals surface area (Å²) in [5.41, 5.74) is 3.03. The summed E-state index contributed by atoms with van der Waals surface area (Å²) in [6, 6.07) is 20.6. The fourth-order valence-electron chi connectivity index (χ4n) is 2.55. The molecule has 3 nitrogen and oxygen atoms in total. The summed E-state index contributed by atoms with van der Waals surface area (Å²) < 4.78 is 10.2. The van der Waals surface area contributed by atoms with Gasteiger partial charge in [-0.25, -0.2) is 4.79 Å². The molecule has 0 amide bonds. The zero-order chi connectivity index (χ0) is 17.9. The van der Waals surface area contributed by atoms with Gasteiger partial charge in [-0.2, -0.15) is 0 Å². The maximum Gasteiger partial charge on any atom is 0.335 e. The van der Waals surface area contributed by atoms with Crippen molar-refractivity contribution in [2.24, 2.45) is 0 Å². The van der Waals surface area contributed by atoms with Gasteiger partial charge in [0.15, 0.2) is 6.79 Å². The summed E-state index contributed by atoms with van der Waals surface area (Å²) in [5.74, 6) is -0.161. The second-order valence-corrected chi connectivity index (χ2v) is 5.71. The van der Waals surface area contributed by atoms with Crippen LogP contribution in [0.3, 0.4) is 0 Å². The zero-order valence-electron chi connectivity index (χ0n) is 14.6. The van der Waals surface area contributed by atoms with Gasteiger partial charge in [0.1, 0.15) is 0 Å². The van der Waals surface area contributed by atoms with Gasteiger partial charge in [-0.1, -0.05) is 72.8 Å². The lowest BCUT2D eigenvalue weighted by atomic mass is 9.88. The molecule has 0 radical (unpaired) electrons. The van der Waals surface area contributed by atoms with Gasteiger partial charge in [0.05, 0.1) is 6.61 Å². The first-order valence-corrected chi connectivity index (χ1v) is 8.34. The van der Waals surface area contributed by atoms with Gasteiger partial charge in [-0.05, 0) is 24.5 Å². The first-order chi connectivity index (χ1) is 12.2. The first-order valence-electron chi connectivity index (χ1n) is 8.34. The molecule has 130 valence electrons. The maximum atomic E-state index is 12.0. The van der Waals surface area contributed by atoms with Crippen LogP contribution in [0.15, 0.2) is 85.0 Å². The van der Waals surface area contributed by atoms with E-state index in [1.54, 1.807) is 13.0 Å². The highest BCUT2D eigenvalue weighted by Crippen LogP contribution is 2.28. The molecule has 0 aliphatic rings. The number of allylic oxidation sites excluding steroid dienone is 1. The van der Waals surface area contributed by atoms with E-state index in [1.807, 2.05) is 42.5 Å². The number of hydrogen-bond donors (Lipinski definition) is 0. The Morgan fingerprint density at radius 2 is 1.60 bits per heavy atom. The summed E-state index contributed by atoms with van der Waals surface area (Å²) in [7, 11) is 0. The third-order valence-electron chi connectivity index (χ3n) is 3.89. The van der Waals surface area contributed by atoms with Crippen LogP contribution in [0.1, 0.15) is 30.4 Å². The third kappa shape index (κ3) is 6.05. The Hall–Kier alpha value is -2.65. The standard InChI is InChI=1S/C22H24O3/c1-3-16-24-17-25-22(23)18(2)14-15-21(19-10-6-4-7-11-19)20-12-8-5-9-13-20/h3-14,21H,1,15-17H2,2H3. The van der Waals surface area contributed by atoms with E-state index >= 15 is 0 Å². The molecule has 0 aromatic heterocycles. The van der Waals surface area contributed by atoms with Gasteiger partial charge < -0.3 is 9.47 Å². The Balaban J connectivity index is 2.06. The predicted molar refractivity (Wildman–Crippen MR) is 100 cm³/mol. The van der Waals surface area contributed by atoms with Crippen LogP contribution in [-0.4, -0.2) is 19.4 Å². The van der Waals surface area contributed by atoms with Gasteiger partial charge in [-0.3, -0.25) is 0 Å². The van der Waals surface area contributed by atoms with E-state index in [4.69, 9.17) is 9.47 Å². The number of ether oxygens (including phenoxy) is 2. The lowest BCUT2D eigenvalue weighted by Gasteiger charge is -2.16. The molecule has 0 fully saturated rings. The first kappa shape index (κ1) is 18.7. The second kappa shape index (κ2) is 10.3. The van der Waals surface area contributed by atoms with Gasteiger partial charge >= 0.3 is 5.97 Å². The Morgan fingerprint density at radius 1 is 1.04 bits per heavy atom. The Kier molecular flexibility index (Phi) is 7.67. The highest BCUT2D eigenvalue weighted by atomic mass is 16.7. The van der Waals surface area contributed by atoms with Crippen molar-refractivity contribution >= 4 is 5.97 Å². The average Bonchev–Trinajstić information content (AvgIpc) is 2.67. The quantitative estimate of drug-likeness (QED) is 0.216. The van der Waals surface area contributed by atoms with E-state index in [0.29, 0.717) is 12.2 Å². The predicted octanol–water partition coefficient (Wildman–Crippen LogP) is 4.86. The van der Waals surface area contributed by atoms with Crippen LogP contribution in [0.5, 0.6) is 0 Å². The largest absolute Gasteiger partial charge is 0.435 e. The molecule has 2 aromatic carbocycles. The zero-order valence-corrected chi connectivity index (χ0v) is 14.6. The molecule has 0 unspecified atom stereocenters. The van der Waals surface area contributed by atoms with Gasteiger partial charge in [0.25, 0.3) is 0 Å². The Labute approximate surface area is 149 Å². The number of carbonyl (C=O) groups excluding carboxylic acids is 1. The summed E-state index contributed by atoms with van der Waals surface area (Å²) in [6.45, 7) is 5.61. The minimum atomic E-state index is -0.357. The number of carbonyl (C=O) groups is 1. The van der Waals surface area contributed by atoms with E-state index in [9.17, 15) is 4.79 Å². The van der Waals surface area contributed by atoms with Crippen molar-refractivity contribution in [1.82, 2.24) is 0 Å². The second-order valence-electron chi connectivity index (χ2n) is 5.71. The number of rotatable bonds is 9. The van der Waals surface area contributed by atoms with Crippen molar-refractivity contribution in [2.45, 2.75) is 19.3 Å². The number of esters is 1. The monoisotopic (exact) mass is 336 g/mol. The summed E-state index contributed by atoms with van der Waals surface area (Å²) in [6.07, 6.45) is 4.27. The molecule has 0 heterocycles. The lowest BCUT2D eigenvalue weighted by molar-refractivity contribution is -0.150. The summed E-state index contributed by atoms with van der Waals surface area (Å²) in [4.78, 5) is 12.0. The molecule has 0 atom stereocenters. The summed E-state index contributed by atoms with van der Waals surface area (Å²) in [5, 5.41) is 0. The molecule has 0 aliphatic heterocycles. The van der Waals surface area contributed by atoms with Gasteiger partial charge in [0.2, 0.25) is 0 Å². The molecular formula is C22H24O3. The molecule has 0 saturated carbocycles. The van der Waals surface area contributed by atoms with Crippen LogP contribution >= 0.6 is 0 Å². The van der Waals surface area contributed by atoms with Crippen LogP contribution in [-0.2, 0) is 14.3 Å². The molecule has 0 bridgehead atoms. The smallest absolute Gasteiger partial charge is 0.335 e. The van der Waals surface area contributed by atoms with Crippen LogP contribution in [0.4, 0.5) is 0 Å². The highest BCUT2D eigenvalue weighted by Gasteiger charge is 2.14. The number of hydrogen-bond acceptors (Lipinski definition) is 3. The van der Waals surface area contributed by atoms with Crippen LogP contribution < -0.4 is 0 Å². The molecule has 0 aliphatic carbocycles. The molecular weight excluding hydrogens is 312 g/mol. The lowest BCUT2D eigenvalue weighted by Crippen LogP contribution is -2.10. The van der Waals surface area contributed by atoms with Crippen molar-refractivity contribution in [2.75, 3.05) is 13.4 Å². The summed E-state index contributed by atoms with van der Waals surface area (Å²) >= 11 is 0. The number of benzene rings is 2. The third-order valence-corrected chi connectivity index (χ3v) is 3.89. The van der Waals surface area contributed by atoms with E-state index in [-0.39, 0.29) is 18.7 Å². The molecule has 2 rings (SSSR count). The van der Waals surface area contributed by atoms with E-state index < -0.39 is 0 Å². The van der Waals surface area contributed by atoms with Crippen molar-refractivity contribution < 1.29 is 14.3 Å². The van der Waals surface area contributed by atoms with Crippen molar-refractivity contribution in [1.29, 1.82) is 0 Å². The normalized spacial score (nSPS) is 11.4. The van der Waals surface area contributed by atoms with Crippen LogP contribution in [0, 0.1) is 0 Å². The van der Waals surface area contributed by atoms with E-state index in [1.165, 1.54) is 11.1 Å². The topological polar surface area (TPSA) is 35.5 Å². The SMILES string of the molecule is C=CCOCOC(=O)C(C)=CCC(c1ccccc1)c1ccccc1. The molecule has 0 spiro atoms. The van der Waals surface area contributed by atoms with Crippen molar-refractivity contribution in [3.8, 4) is 0 Å². The fourth-order valence-corrected chi connectivity index (χ4v) is 2.55. The molecule has 3 heteroatoms. The fraction of sp³-hybridized carbons (Fsp3) is 0.227. The van der Waals surface area contributed by atoms with Crippen LogP contribution in [0.2, 0.25) is 0 Å². The van der Waals surface area contributed by atoms with Gasteiger partial charge in [0, 0.05) is 11.5 Å². The molecule has 2 aromatic rings. The molecule has 0 N–H and O–H groups in total. The average molecular weight is 336 g/mol. The van der Waals surface area contributed by atoms with E-state index in [2.05, 4.69) is 30.8 Å². The minimum Gasteiger partial charge on any atom is -0.435 e. The van der Waals surface area contributed by atoms with E-state index in [0.717, 1.165) is 6.42 Å². The molecule has 0 saturated heterocycles. The van der Waals surface area contributed by atoms with Crippen LogP contribution in [0.25, 0.3) is 0 Å². The molecule has 25 heavy (non-hydrogen) atoms. The Bertz CT molecular complexity index is 650.